The van der Waals surface area contributed by atoms with Crippen molar-refractivity contribution in [2.75, 3.05) is 0 Å². The Morgan fingerprint density at radius 1 is 1.22 bits per heavy atom. The molecule has 2 aromatic rings. The second-order valence-electron chi connectivity index (χ2n) is 4.24. The SMILES string of the molecule is CCc1cc(CC)n(Cc2ccc(F)c(Br)c2)n1. The van der Waals surface area contributed by atoms with Gasteiger partial charge in [-0.1, -0.05) is 19.9 Å². The molecule has 0 saturated carbocycles. The minimum absolute atomic E-state index is 0.232. The second kappa shape index (κ2) is 5.65. The third kappa shape index (κ3) is 2.80. The molecule has 0 aliphatic carbocycles. The van der Waals surface area contributed by atoms with E-state index in [4.69, 9.17) is 0 Å². The van der Waals surface area contributed by atoms with Gasteiger partial charge in [-0.15, -0.1) is 0 Å². The van der Waals surface area contributed by atoms with Crippen molar-refractivity contribution >= 4 is 15.9 Å². The standard InChI is InChI=1S/C14H16BrFN2/c1-3-11-8-12(4-2)18(17-11)9-10-5-6-14(16)13(15)7-10/h5-8H,3-4,9H2,1-2H3. The number of hydrogen-bond donors (Lipinski definition) is 0. The van der Waals surface area contributed by atoms with Crippen molar-refractivity contribution in [1.82, 2.24) is 9.78 Å². The molecular weight excluding hydrogens is 295 g/mol. The largest absolute Gasteiger partial charge is 0.265 e. The van der Waals surface area contributed by atoms with Crippen molar-refractivity contribution < 1.29 is 4.39 Å². The Bertz CT molecular complexity index is 549. The lowest BCUT2D eigenvalue weighted by Crippen LogP contribution is -2.06. The van der Waals surface area contributed by atoms with Crippen LogP contribution in [0.3, 0.4) is 0 Å². The molecule has 96 valence electrons. The van der Waals surface area contributed by atoms with Crippen molar-refractivity contribution in [3.8, 4) is 0 Å². The number of nitrogens with zero attached hydrogens (tertiary/aromatic N) is 2. The highest BCUT2D eigenvalue weighted by molar-refractivity contribution is 9.10. The molecule has 0 fully saturated rings. The van der Waals surface area contributed by atoms with Crippen LogP contribution in [0, 0.1) is 5.82 Å². The summed E-state index contributed by atoms with van der Waals surface area (Å²) >= 11 is 3.21. The van der Waals surface area contributed by atoms with Gasteiger partial charge in [-0.05, 0) is 52.5 Å². The van der Waals surface area contributed by atoms with E-state index >= 15 is 0 Å². The van der Waals surface area contributed by atoms with E-state index < -0.39 is 0 Å². The van der Waals surface area contributed by atoms with E-state index in [-0.39, 0.29) is 5.82 Å². The quantitative estimate of drug-likeness (QED) is 0.836. The van der Waals surface area contributed by atoms with Gasteiger partial charge in [0.1, 0.15) is 5.82 Å². The van der Waals surface area contributed by atoms with E-state index in [1.807, 2.05) is 10.7 Å². The zero-order valence-corrected chi connectivity index (χ0v) is 12.2. The van der Waals surface area contributed by atoms with Crippen LogP contribution in [0.25, 0.3) is 0 Å². The van der Waals surface area contributed by atoms with Gasteiger partial charge in [-0.3, -0.25) is 4.68 Å². The number of halogens is 2. The van der Waals surface area contributed by atoms with E-state index in [2.05, 4.69) is 40.9 Å². The Morgan fingerprint density at radius 3 is 2.61 bits per heavy atom. The predicted octanol–water partition coefficient (Wildman–Crippen LogP) is 3.96. The van der Waals surface area contributed by atoms with Gasteiger partial charge in [0.05, 0.1) is 16.7 Å². The molecule has 2 rings (SSSR count). The molecule has 0 spiro atoms. The van der Waals surface area contributed by atoms with Crippen LogP contribution >= 0.6 is 15.9 Å². The molecule has 1 heterocycles. The highest BCUT2D eigenvalue weighted by Gasteiger charge is 2.07. The summed E-state index contributed by atoms with van der Waals surface area (Å²) < 4.78 is 15.7. The molecule has 0 aliphatic rings. The molecule has 0 radical (unpaired) electrons. The monoisotopic (exact) mass is 310 g/mol. The zero-order valence-electron chi connectivity index (χ0n) is 10.6. The number of aromatic nitrogens is 2. The Kier molecular flexibility index (Phi) is 4.17. The average molecular weight is 311 g/mol. The Labute approximate surface area is 115 Å². The summed E-state index contributed by atoms with van der Waals surface area (Å²) in [5.41, 5.74) is 3.36. The summed E-state index contributed by atoms with van der Waals surface area (Å²) in [5, 5.41) is 4.55. The lowest BCUT2D eigenvalue weighted by atomic mass is 10.2. The van der Waals surface area contributed by atoms with Crippen LogP contribution in [-0.2, 0) is 19.4 Å². The Morgan fingerprint density at radius 2 is 2.00 bits per heavy atom. The van der Waals surface area contributed by atoms with Gasteiger partial charge in [-0.25, -0.2) is 4.39 Å². The number of benzene rings is 1. The highest BCUT2D eigenvalue weighted by atomic mass is 79.9. The zero-order chi connectivity index (χ0) is 13.1. The van der Waals surface area contributed by atoms with Crippen molar-refractivity contribution in [3.63, 3.8) is 0 Å². The van der Waals surface area contributed by atoms with E-state index in [0.717, 1.165) is 24.1 Å². The van der Waals surface area contributed by atoms with Crippen LogP contribution in [0.1, 0.15) is 30.8 Å². The van der Waals surface area contributed by atoms with E-state index in [1.54, 1.807) is 6.07 Å². The maximum absolute atomic E-state index is 13.2. The third-order valence-corrected chi connectivity index (χ3v) is 3.56. The summed E-state index contributed by atoms with van der Waals surface area (Å²) in [6.07, 6.45) is 1.89. The first-order valence-electron chi connectivity index (χ1n) is 6.13. The fraction of sp³-hybridized carbons (Fsp3) is 0.357. The molecule has 0 unspecified atom stereocenters. The maximum atomic E-state index is 13.2. The summed E-state index contributed by atoms with van der Waals surface area (Å²) in [6, 6.07) is 7.22. The Balaban J connectivity index is 2.27. The van der Waals surface area contributed by atoms with Crippen LogP contribution < -0.4 is 0 Å². The fourth-order valence-electron chi connectivity index (χ4n) is 1.92. The molecule has 18 heavy (non-hydrogen) atoms. The minimum Gasteiger partial charge on any atom is -0.265 e. The molecule has 0 saturated heterocycles. The van der Waals surface area contributed by atoms with Gasteiger partial charge in [0.2, 0.25) is 0 Å². The second-order valence-corrected chi connectivity index (χ2v) is 5.09. The number of rotatable bonds is 4. The van der Waals surface area contributed by atoms with Gasteiger partial charge >= 0.3 is 0 Å². The first-order chi connectivity index (χ1) is 8.63. The lowest BCUT2D eigenvalue weighted by Gasteiger charge is -2.07. The molecule has 1 aromatic carbocycles. The van der Waals surface area contributed by atoms with Gasteiger partial charge in [-0.2, -0.15) is 5.10 Å². The first kappa shape index (κ1) is 13.3. The smallest absolute Gasteiger partial charge is 0.137 e. The molecule has 0 atom stereocenters. The molecule has 0 N–H and O–H groups in total. The normalized spacial score (nSPS) is 10.9. The molecule has 4 heteroatoms. The topological polar surface area (TPSA) is 17.8 Å². The highest BCUT2D eigenvalue weighted by Crippen LogP contribution is 2.18. The van der Waals surface area contributed by atoms with E-state index in [1.165, 1.54) is 11.8 Å². The summed E-state index contributed by atoms with van der Waals surface area (Å²) in [5.74, 6) is -0.232. The maximum Gasteiger partial charge on any atom is 0.137 e. The summed E-state index contributed by atoms with van der Waals surface area (Å²) in [4.78, 5) is 0. The number of hydrogen-bond acceptors (Lipinski definition) is 1. The summed E-state index contributed by atoms with van der Waals surface area (Å²) in [6.45, 7) is 4.90. The third-order valence-electron chi connectivity index (χ3n) is 2.95. The molecule has 0 bridgehead atoms. The number of aryl methyl sites for hydroxylation is 2. The molecular formula is C14H16BrFN2. The van der Waals surface area contributed by atoms with Crippen molar-refractivity contribution in [2.24, 2.45) is 0 Å². The first-order valence-corrected chi connectivity index (χ1v) is 6.92. The van der Waals surface area contributed by atoms with Gasteiger partial charge in [0, 0.05) is 5.69 Å². The van der Waals surface area contributed by atoms with Gasteiger partial charge < -0.3 is 0 Å². The van der Waals surface area contributed by atoms with Gasteiger partial charge in [0.15, 0.2) is 0 Å². The average Bonchev–Trinajstić information content (AvgIpc) is 2.76. The minimum atomic E-state index is -0.232. The summed E-state index contributed by atoms with van der Waals surface area (Å²) in [7, 11) is 0. The van der Waals surface area contributed by atoms with Gasteiger partial charge in [0.25, 0.3) is 0 Å². The predicted molar refractivity (Wildman–Crippen MR) is 74.2 cm³/mol. The van der Waals surface area contributed by atoms with E-state index in [0.29, 0.717) is 11.0 Å². The Hall–Kier alpha value is -1.16. The van der Waals surface area contributed by atoms with Crippen LogP contribution in [-0.4, -0.2) is 9.78 Å². The molecule has 2 nitrogen and oxygen atoms in total. The van der Waals surface area contributed by atoms with E-state index in [9.17, 15) is 4.39 Å². The molecule has 0 aliphatic heterocycles. The van der Waals surface area contributed by atoms with Crippen LogP contribution in [0.15, 0.2) is 28.7 Å². The molecule has 0 amide bonds. The van der Waals surface area contributed by atoms with Crippen LogP contribution in [0.4, 0.5) is 4.39 Å². The van der Waals surface area contributed by atoms with Crippen LogP contribution in [0.5, 0.6) is 0 Å². The van der Waals surface area contributed by atoms with Crippen molar-refractivity contribution in [3.05, 3.63) is 51.5 Å². The van der Waals surface area contributed by atoms with Crippen LogP contribution in [0.2, 0.25) is 0 Å². The lowest BCUT2D eigenvalue weighted by molar-refractivity contribution is 0.613. The molecule has 1 aromatic heterocycles. The van der Waals surface area contributed by atoms with Crippen molar-refractivity contribution in [1.29, 1.82) is 0 Å². The fourth-order valence-corrected chi connectivity index (χ4v) is 2.35. The van der Waals surface area contributed by atoms with Crippen molar-refractivity contribution in [2.45, 2.75) is 33.2 Å².